The number of rotatable bonds is 5. The predicted octanol–water partition coefficient (Wildman–Crippen LogP) is 3.82. The Hall–Kier alpha value is -1.02. The van der Waals surface area contributed by atoms with Gasteiger partial charge in [0.15, 0.2) is 0 Å². The fraction of sp³-hybridized carbons (Fsp3) is 0.647. The largest absolute Gasteiger partial charge is 0.385 e. The molecule has 0 amide bonds. The lowest BCUT2D eigenvalue weighted by molar-refractivity contribution is 0.238. The fourth-order valence-electron chi connectivity index (χ4n) is 2.37. The van der Waals surface area contributed by atoms with Gasteiger partial charge in [0.25, 0.3) is 0 Å². The summed E-state index contributed by atoms with van der Waals surface area (Å²) in [4.78, 5) is 0. The number of hydrogen-bond acceptors (Lipinski definition) is 2. The standard InChI is InChI=1S/C17H28N2/c1-13(2)17(3,4)12-18-11-14-7-8-16-15(10-14)6-5-9-19-16/h7-8,10,13,18-19H,5-6,9,11-12H2,1-4H3. The van der Waals surface area contributed by atoms with Crippen LogP contribution in [0.15, 0.2) is 18.2 Å². The molecule has 2 rings (SSSR count). The van der Waals surface area contributed by atoms with Crippen LogP contribution in [-0.4, -0.2) is 13.1 Å². The van der Waals surface area contributed by atoms with E-state index in [9.17, 15) is 0 Å². The number of benzene rings is 1. The molecule has 0 fully saturated rings. The lowest BCUT2D eigenvalue weighted by Gasteiger charge is -2.29. The van der Waals surface area contributed by atoms with E-state index < -0.39 is 0 Å². The summed E-state index contributed by atoms with van der Waals surface area (Å²) in [7, 11) is 0. The molecule has 2 nitrogen and oxygen atoms in total. The highest BCUT2D eigenvalue weighted by Gasteiger charge is 2.21. The Morgan fingerprint density at radius 3 is 2.84 bits per heavy atom. The van der Waals surface area contributed by atoms with Gasteiger partial charge in [-0.2, -0.15) is 0 Å². The zero-order chi connectivity index (χ0) is 13.9. The highest BCUT2D eigenvalue weighted by atomic mass is 14.9. The Bertz CT molecular complexity index is 421. The molecule has 0 atom stereocenters. The number of anilines is 1. The maximum absolute atomic E-state index is 3.61. The molecule has 1 aliphatic heterocycles. The molecule has 1 aromatic carbocycles. The molecular formula is C17H28N2. The lowest BCUT2D eigenvalue weighted by atomic mass is 9.81. The van der Waals surface area contributed by atoms with E-state index in [0.29, 0.717) is 11.3 Å². The minimum absolute atomic E-state index is 0.357. The van der Waals surface area contributed by atoms with Gasteiger partial charge >= 0.3 is 0 Å². The molecule has 0 saturated heterocycles. The summed E-state index contributed by atoms with van der Waals surface area (Å²) in [6.45, 7) is 12.4. The third-order valence-electron chi connectivity index (χ3n) is 4.58. The van der Waals surface area contributed by atoms with Gasteiger partial charge in [-0.1, -0.05) is 39.8 Å². The second-order valence-electron chi connectivity index (χ2n) is 6.77. The van der Waals surface area contributed by atoms with Crippen molar-refractivity contribution < 1.29 is 0 Å². The number of hydrogen-bond donors (Lipinski definition) is 2. The Kier molecular flexibility index (Phi) is 4.51. The van der Waals surface area contributed by atoms with Crippen LogP contribution in [0.5, 0.6) is 0 Å². The molecule has 1 heterocycles. The van der Waals surface area contributed by atoms with Crippen molar-refractivity contribution in [2.45, 2.75) is 47.1 Å². The van der Waals surface area contributed by atoms with Crippen molar-refractivity contribution in [2.75, 3.05) is 18.4 Å². The van der Waals surface area contributed by atoms with Crippen molar-refractivity contribution in [3.8, 4) is 0 Å². The van der Waals surface area contributed by atoms with Crippen molar-refractivity contribution >= 4 is 5.69 Å². The smallest absolute Gasteiger partial charge is 0.0372 e. The SMILES string of the molecule is CC(C)C(C)(C)CNCc1ccc2c(c1)CCCN2. The molecule has 1 aliphatic rings. The van der Waals surface area contributed by atoms with Gasteiger partial charge in [0, 0.05) is 25.3 Å². The summed E-state index contributed by atoms with van der Waals surface area (Å²) in [5.74, 6) is 0.702. The summed E-state index contributed by atoms with van der Waals surface area (Å²) in [5.41, 5.74) is 4.57. The van der Waals surface area contributed by atoms with Crippen molar-refractivity contribution in [3.05, 3.63) is 29.3 Å². The van der Waals surface area contributed by atoms with E-state index in [4.69, 9.17) is 0 Å². The number of aryl methyl sites for hydroxylation is 1. The summed E-state index contributed by atoms with van der Waals surface area (Å²) in [6, 6.07) is 6.84. The third-order valence-corrected chi connectivity index (χ3v) is 4.58. The minimum Gasteiger partial charge on any atom is -0.385 e. The Morgan fingerprint density at radius 2 is 2.11 bits per heavy atom. The van der Waals surface area contributed by atoms with Gasteiger partial charge in [-0.25, -0.2) is 0 Å². The quantitative estimate of drug-likeness (QED) is 0.841. The number of fused-ring (bicyclic) bond motifs is 1. The van der Waals surface area contributed by atoms with Crippen LogP contribution in [0.3, 0.4) is 0 Å². The first-order valence-corrected chi connectivity index (χ1v) is 7.55. The van der Waals surface area contributed by atoms with E-state index in [1.807, 2.05) is 0 Å². The van der Waals surface area contributed by atoms with Gasteiger partial charge < -0.3 is 10.6 Å². The molecule has 0 aromatic heterocycles. The fourth-order valence-corrected chi connectivity index (χ4v) is 2.37. The first-order valence-electron chi connectivity index (χ1n) is 7.55. The average Bonchev–Trinajstić information content (AvgIpc) is 2.38. The van der Waals surface area contributed by atoms with E-state index in [1.54, 1.807) is 0 Å². The van der Waals surface area contributed by atoms with Gasteiger partial charge in [0.05, 0.1) is 0 Å². The molecule has 2 heteroatoms. The normalized spacial score (nSPS) is 15.2. The summed E-state index contributed by atoms with van der Waals surface area (Å²) < 4.78 is 0. The van der Waals surface area contributed by atoms with Crippen LogP contribution in [0, 0.1) is 11.3 Å². The monoisotopic (exact) mass is 260 g/mol. The van der Waals surface area contributed by atoms with Crippen molar-refractivity contribution in [2.24, 2.45) is 11.3 Å². The van der Waals surface area contributed by atoms with Gasteiger partial charge in [0.2, 0.25) is 0 Å². The third kappa shape index (κ3) is 3.73. The molecular weight excluding hydrogens is 232 g/mol. The van der Waals surface area contributed by atoms with Crippen molar-refractivity contribution in [3.63, 3.8) is 0 Å². The second kappa shape index (κ2) is 5.96. The predicted molar refractivity (Wildman–Crippen MR) is 83.6 cm³/mol. The molecule has 0 unspecified atom stereocenters. The van der Waals surface area contributed by atoms with Crippen LogP contribution < -0.4 is 10.6 Å². The summed E-state index contributed by atoms with van der Waals surface area (Å²) >= 11 is 0. The summed E-state index contributed by atoms with van der Waals surface area (Å²) in [5, 5.41) is 7.07. The van der Waals surface area contributed by atoms with Crippen LogP contribution >= 0.6 is 0 Å². The van der Waals surface area contributed by atoms with E-state index in [0.717, 1.165) is 19.6 Å². The van der Waals surface area contributed by atoms with Crippen LogP contribution in [-0.2, 0) is 13.0 Å². The zero-order valence-corrected chi connectivity index (χ0v) is 12.8. The van der Waals surface area contributed by atoms with Crippen LogP contribution in [0.2, 0.25) is 0 Å². The highest BCUT2D eigenvalue weighted by Crippen LogP contribution is 2.25. The molecule has 19 heavy (non-hydrogen) atoms. The van der Waals surface area contributed by atoms with E-state index in [-0.39, 0.29) is 0 Å². The molecule has 0 aliphatic carbocycles. The highest BCUT2D eigenvalue weighted by molar-refractivity contribution is 5.54. The van der Waals surface area contributed by atoms with Gasteiger partial charge in [0.1, 0.15) is 0 Å². The molecule has 0 saturated carbocycles. The van der Waals surface area contributed by atoms with Crippen LogP contribution in [0.4, 0.5) is 5.69 Å². The molecule has 2 N–H and O–H groups in total. The second-order valence-corrected chi connectivity index (χ2v) is 6.77. The molecule has 1 aromatic rings. The maximum Gasteiger partial charge on any atom is 0.0372 e. The molecule has 0 radical (unpaired) electrons. The first kappa shape index (κ1) is 14.4. The van der Waals surface area contributed by atoms with Crippen LogP contribution in [0.25, 0.3) is 0 Å². The van der Waals surface area contributed by atoms with E-state index in [2.05, 4.69) is 56.5 Å². The average molecular weight is 260 g/mol. The van der Waals surface area contributed by atoms with E-state index >= 15 is 0 Å². The van der Waals surface area contributed by atoms with E-state index in [1.165, 1.54) is 29.7 Å². The Labute approximate surface area is 118 Å². The first-order chi connectivity index (χ1) is 8.99. The zero-order valence-electron chi connectivity index (χ0n) is 12.8. The lowest BCUT2D eigenvalue weighted by Crippen LogP contribution is -2.33. The topological polar surface area (TPSA) is 24.1 Å². The molecule has 0 spiro atoms. The minimum atomic E-state index is 0.357. The summed E-state index contributed by atoms with van der Waals surface area (Å²) in [6.07, 6.45) is 2.47. The number of nitrogens with one attached hydrogen (secondary N) is 2. The van der Waals surface area contributed by atoms with Gasteiger partial charge in [-0.3, -0.25) is 0 Å². The maximum atomic E-state index is 3.61. The van der Waals surface area contributed by atoms with Crippen molar-refractivity contribution in [1.82, 2.24) is 5.32 Å². The Balaban J connectivity index is 1.90. The van der Waals surface area contributed by atoms with Gasteiger partial charge in [-0.05, 0) is 41.4 Å². The van der Waals surface area contributed by atoms with Gasteiger partial charge in [-0.15, -0.1) is 0 Å². The van der Waals surface area contributed by atoms with Crippen LogP contribution in [0.1, 0.15) is 45.2 Å². The molecule has 106 valence electrons. The molecule has 0 bridgehead atoms. The van der Waals surface area contributed by atoms with Crippen molar-refractivity contribution in [1.29, 1.82) is 0 Å². The Morgan fingerprint density at radius 1 is 1.32 bits per heavy atom.